The van der Waals surface area contributed by atoms with Gasteiger partial charge >= 0.3 is 0 Å². The number of aromatic nitrogens is 1. The van der Waals surface area contributed by atoms with Crippen LogP contribution in [0.25, 0.3) is 11.1 Å². The molecule has 0 bridgehead atoms. The van der Waals surface area contributed by atoms with Crippen molar-refractivity contribution in [1.82, 2.24) is 4.98 Å². The Morgan fingerprint density at radius 2 is 2.18 bits per heavy atom. The Balaban J connectivity index is 2.45. The number of ether oxygens (including phenoxy) is 1. The molecule has 0 aliphatic carbocycles. The topological polar surface area (TPSA) is 48.1 Å². The third kappa shape index (κ3) is 2.68. The van der Waals surface area contributed by atoms with Gasteiger partial charge in [-0.3, -0.25) is 0 Å². The molecule has 0 aliphatic rings. The minimum atomic E-state index is 0.461. The molecule has 0 saturated heterocycles. The second-order valence-electron chi connectivity index (χ2n) is 3.55. The Labute approximate surface area is 105 Å². The molecule has 0 fully saturated rings. The summed E-state index contributed by atoms with van der Waals surface area (Å²) in [6, 6.07) is 9.50. The van der Waals surface area contributed by atoms with Crippen molar-refractivity contribution in [1.29, 1.82) is 0 Å². The second-order valence-corrected chi connectivity index (χ2v) is 3.98. The van der Waals surface area contributed by atoms with Gasteiger partial charge in [0.15, 0.2) is 0 Å². The number of hydrogen-bond donors (Lipinski definition) is 1. The van der Waals surface area contributed by atoms with Gasteiger partial charge in [-0.25, -0.2) is 4.98 Å². The largest absolute Gasteiger partial charge is 0.494 e. The molecule has 0 unspecified atom stereocenters. The smallest absolute Gasteiger partial charge is 0.131 e. The molecule has 2 N–H and O–H groups in total. The molecule has 1 heterocycles. The Morgan fingerprint density at radius 1 is 1.35 bits per heavy atom. The number of benzene rings is 1. The third-order valence-corrected chi connectivity index (χ3v) is 2.55. The molecule has 1 aromatic heterocycles. The summed E-state index contributed by atoms with van der Waals surface area (Å²) in [5, 5.41) is 0.566. The molecular formula is C13H13ClN2O. The van der Waals surface area contributed by atoms with Crippen molar-refractivity contribution >= 4 is 17.4 Å². The van der Waals surface area contributed by atoms with Gasteiger partial charge in [-0.2, -0.15) is 0 Å². The first kappa shape index (κ1) is 11.7. The maximum atomic E-state index is 5.92. The van der Waals surface area contributed by atoms with Crippen LogP contribution >= 0.6 is 11.6 Å². The van der Waals surface area contributed by atoms with E-state index in [2.05, 4.69) is 4.98 Å². The van der Waals surface area contributed by atoms with Crippen molar-refractivity contribution in [2.75, 3.05) is 12.3 Å². The molecule has 17 heavy (non-hydrogen) atoms. The van der Waals surface area contributed by atoms with Crippen molar-refractivity contribution < 1.29 is 4.74 Å². The van der Waals surface area contributed by atoms with Crippen LogP contribution < -0.4 is 10.5 Å². The highest BCUT2D eigenvalue weighted by Gasteiger charge is 2.05. The van der Waals surface area contributed by atoms with Crippen molar-refractivity contribution in [3.05, 3.63) is 41.6 Å². The fourth-order valence-corrected chi connectivity index (χ4v) is 1.76. The summed E-state index contributed by atoms with van der Waals surface area (Å²) < 4.78 is 5.44. The average Bonchev–Trinajstić information content (AvgIpc) is 2.33. The maximum absolute atomic E-state index is 5.92. The minimum absolute atomic E-state index is 0.461. The fraction of sp³-hybridized carbons (Fsp3) is 0.154. The number of pyridine rings is 1. The summed E-state index contributed by atoms with van der Waals surface area (Å²) in [5.41, 5.74) is 7.60. The first-order chi connectivity index (χ1) is 8.20. The first-order valence-corrected chi connectivity index (χ1v) is 5.72. The molecule has 3 nitrogen and oxygen atoms in total. The van der Waals surface area contributed by atoms with Gasteiger partial charge in [-0.15, -0.1) is 0 Å². The summed E-state index contributed by atoms with van der Waals surface area (Å²) in [6.07, 6.45) is 1.53. The van der Waals surface area contributed by atoms with Gasteiger partial charge in [0.25, 0.3) is 0 Å². The van der Waals surface area contributed by atoms with Crippen molar-refractivity contribution in [3.63, 3.8) is 0 Å². The van der Waals surface area contributed by atoms with Crippen molar-refractivity contribution in [2.45, 2.75) is 6.92 Å². The van der Waals surface area contributed by atoms with Crippen LogP contribution in [-0.4, -0.2) is 11.6 Å². The zero-order chi connectivity index (χ0) is 12.3. The summed E-state index contributed by atoms with van der Waals surface area (Å²) in [4.78, 5) is 4.04. The Hall–Kier alpha value is -1.74. The number of nitrogens with zero attached hydrogens (tertiary/aromatic N) is 1. The van der Waals surface area contributed by atoms with Gasteiger partial charge in [0, 0.05) is 11.8 Å². The SMILES string of the molecule is CCOc1cccc(-c2cc(Cl)cnc2N)c1. The Bertz CT molecular complexity index is 529. The highest BCUT2D eigenvalue weighted by Crippen LogP contribution is 2.29. The van der Waals surface area contributed by atoms with Gasteiger partial charge in [0.1, 0.15) is 11.6 Å². The van der Waals surface area contributed by atoms with E-state index < -0.39 is 0 Å². The average molecular weight is 249 g/mol. The molecule has 0 atom stereocenters. The summed E-state index contributed by atoms with van der Waals surface area (Å²) >= 11 is 5.92. The van der Waals surface area contributed by atoms with E-state index in [9.17, 15) is 0 Å². The molecule has 0 spiro atoms. The predicted octanol–water partition coefficient (Wildman–Crippen LogP) is 3.38. The van der Waals surface area contributed by atoms with Crippen LogP contribution in [-0.2, 0) is 0 Å². The van der Waals surface area contributed by atoms with E-state index in [1.165, 1.54) is 6.20 Å². The third-order valence-electron chi connectivity index (χ3n) is 2.34. The van der Waals surface area contributed by atoms with Crippen LogP contribution in [0.5, 0.6) is 5.75 Å². The number of nitrogen functional groups attached to an aromatic ring is 1. The standard InChI is InChI=1S/C13H13ClN2O/c1-2-17-11-5-3-4-9(6-11)12-7-10(14)8-16-13(12)15/h3-8H,2H2,1H3,(H2,15,16). The van der Waals surface area contributed by atoms with Gasteiger partial charge < -0.3 is 10.5 Å². The highest BCUT2D eigenvalue weighted by molar-refractivity contribution is 6.30. The number of halogens is 1. The van der Waals surface area contributed by atoms with E-state index in [0.29, 0.717) is 17.4 Å². The summed E-state index contributed by atoms with van der Waals surface area (Å²) in [5.74, 6) is 1.27. The number of nitrogens with two attached hydrogens (primary N) is 1. The second kappa shape index (κ2) is 5.06. The monoisotopic (exact) mass is 248 g/mol. The molecule has 0 saturated carbocycles. The van der Waals surface area contributed by atoms with Gasteiger partial charge in [-0.05, 0) is 30.7 Å². The van der Waals surface area contributed by atoms with Crippen LogP contribution in [0.4, 0.5) is 5.82 Å². The van der Waals surface area contributed by atoms with Crippen LogP contribution in [0.15, 0.2) is 36.5 Å². The zero-order valence-corrected chi connectivity index (χ0v) is 10.2. The Kier molecular flexibility index (Phi) is 3.49. The van der Waals surface area contributed by atoms with Gasteiger partial charge in [0.2, 0.25) is 0 Å². The van der Waals surface area contributed by atoms with Crippen LogP contribution in [0.2, 0.25) is 5.02 Å². The maximum Gasteiger partial charge on any atom is 0.131 e. The first-order valence-electron chi connectivity index (χ1n) is 5.35. The van der Waals surface area contributed by atoms with E-state index in [1.54, 1.807) is 6.07 Å². The molecule has 4 heteroatoms. The number of rotatable bonds is 3. The van der Waals surface area contributed by atoms with Crippen molar-refractivity contribution in [3.8, 4) is 16.9 Å². The lowest BCUT2D eigenvalue weighted by molar-refractivity contribution is 0.340. The van der Waals surface area contributed by atoms with Crippen LogP contribution in [0.1, 0.15) is 6.92 Å². The molecule has 0 amide bonds. The van der Waals surface area contributed by atoms with Gasteiger partial charge in [-0.1, -0.05) is 23.7 Å². The van der Waals surface area contributed by atoms with E-state index >= 15 is 0 Å². The molecule has 2 aromatic rings. The lowest BCUT2D eigenvalue weighted by Gasteiger charge is -2.08. The summed E-state index contributed by atoms with van der Waals surface area (Å²) in [6.45, 7) is 2.58. The fourth-order valence-electron chi connectivity index (χ4n) is 1.60. The highest BCUT2D eigenvalue weighted by atomic mass is 35.5. The normalized spacial score (nSPS) is 10.2. The van der Waals surface area contributed by atoms with Gasteiger partial charge in [0.05, 0.1) is 11.6 Å². The molecule has 0 radical (unpaired) electrons. The molecule has 88 valence electrons. The zero-order valence-electron chi connectivity index (χ0n) is 9.48. The Morgan fingerprint density at radius 3 is 2.94 bits per heavy atom. The van der Waals surface area contributed by atoms with E-state index in [-0.39, 0.29) is 0 Å². The number of anilines is 1. The summed E-state index contributed by atoms with van der Waals surface area (Å²) in [7, 11) is 0. The van der Waals surface area contributed by atoms with Crippen LogP contribution in [0.3, 0.4) is 0 Å². The van der Waals surface area contributed by atoms with E-state index in [4.69, 9.17) is 22.1 Å². The lowest BCUT2D eigenvalue weighted by Crippen LogP contribution is -1.95. The minimum Gasteiger partial charge on any atom is -0.494 e. The lowest BCUT2D eigenvalue weighted by atomic mass is 10.1. The molecule has 1 aromatic carbocycles. The number of hydrogen-bond acceptors (Lipinski definition) is 3. The van der Waals surface area contributed by atoms with E-state index in [0.717, 1.165) is 16.9 Å². The molecule has 2 rings (SSSR count). The van der Waals surface area contributed by atoms with Crippen LogP contribution in [0, 0.1) is 0 Å². The van der Waals surface area contributed by atoms with Crippen molar-refractivity contribution in [2.24, 2.45) is 0 Å². The molecule has 0 aliphatic heterocycles. The predicted molar refractivity (Wildman–Crippen MR) is 70.3 cm³/mol. The van der Waals surface area contributed by atoms with E-state index in [1.807, 2.05) is 31.2 Å². The molecular weight excluding hydrogens is 236 g/mol. The quantitative estimate of drug-likeness (QED) is 0.906.